The van der Waals surface area contributed by atoms with Gasteiger partial charge in [0.15, 0.2) is 0 Å². The van der Waals surface area contributed by atoms with Crippen molar-refractivity contribution in [3.05, 3.63) is 64.5 Å². The zero-order valence-electron chi connectivity index (χ0n) is 17.2. The van der Waals surface area contributed by atoms with E-state index in [1.165, 1.54) is 18.4 Å². The first-order chi connectivity index (χ1) is 14.6. The van der Waals surface area contributed by atoms with Crippen molar-refractivity contribution in [2.24, 2.45) is 0 Å². The molecule has 3 aromatic rings. The lowest BCUT2D eigenvalue weighted by Crippen LogP contribution is -2.44. The van der Waals surface area contributed by atoms with Gasteiger partial charge in [0.05, 0.1) is 12.7 Å². The Morgan fingerprint density at radius 1 is 1.10 bits per heavy atom. The molecule has 0 bridgehead atoms. The molecule has 0 atom stereocenters. The number of hydrogen-bond donors (Lipinski definition) is 1. The molecule has 2 heterocycles. The fraction of sp³-hybridized carbons (Fsp3) is 0.304. The van der Waals surface area contributed by atoms with Crippen molar-refractivity contribution in [1.29, 1.82) is 0 Å². The number of hydrogen-bond acceptors (Lipinski definition) is 6. The second kappa shape index (κ2) is 8.85. The number of nitrogens with zero attached hydrogens (tertiary/aromatic N) is 2. The largest absolute Gasteiger partial charge is 0.465 e. The first-order valence-corrected chi connectivity index (χ1v) is 10.8. The van der Waals surface area contributed by atoms with Crippen molar-refractivity contribution < 1.29 is 14.3 Å². The standard InChI is InChI=1S/C23H25N3O3S/c1-25(15-16-7-3-5-9-18(16)26-13-11-24-12-14-26)22(27)21-20(23(28)29-2)17-8-4-6-10-19(17)30-21/h3-10,24H,11-15H2,1-2H3. The van der Waals surface area contributed by atoms with Crippen LogP contribution in [-0.2, 0) is 11.3 Å². The highest BCUT2D eigenvalue weighted by molar-refractivity contribution is 7.21. The Bertz CT molecular complexity index is 1070. The zero-order valence-corrected chi connectivity index (χ0v) is 18.0. The van der Waals surface area contributed by atoms with Crippen molar-refractivity contribution in [1.82, 2.24) is 10.2 Å². The van der Waals surface area contributed by atoms with Crippen LogP contribution in [0.25, 0.3) is 10.1 Å². The molecule has 2 aromatic carbocycles. The van der Waals surface area contributed by atoms with E-state index in [2.05, 4.69) is 22.3 Å². The van der Waals surface area contributed by atoms with Crippen LogP contribution in [0.4, 0.5) is 5.69 Å². The number of carbonyl (C=O) groups is 2. The number of nitrogens with one attached hydrogen (secondary N) is 1. The van der Waals surface area contributed by atoms with Crippen LogP contribution in [0.2, 0.25) is 0 Å². The Kier molecular flexibility index (Phi) is 6.01. The third-order valence-electron chi connectivity index (χ3n) is 5.38. The summed E-state index contributed by atoms with van der Waals surface area (Å²) in [6.45, 7) is 4.25. The topological polar surface area (TPSA) is 61.9 Å². The molecular weight excluding hydrogens is 398 g/mol. The predicted octanol–water partition coefficient (Wildman–Crippen LogP) is 3.37. The van der Waals surface area contributed by atoms with Gasteiger partial charge >= 0.3 is 5.97 Å². The highest BCUT2D eigenvalue weighted by Crippen LogP contribution is 2.33. The lowest BCUT2D eigenvalue weighted by atomic mass is 10.1. The number of para-hydroxylation sites is 1. The van der Waals surface area contributed by atoms with E-state index in [1.54, 1.807) is 11.9 Å². The Balaban J connectivity index is 1.63. The highest BCUT2D eigenvalue weighted by Gasteiger charge is 2.27. The maximum Gasteiger partial charge on any atom is 0.340 e. The molecule has 4 rings (SSSR count). The summed E-state index contributed by atoms with van der Waals surface area (Å²) in [5.74, 6) is -0.655. The summed E-state index contributed by atoms with van der Waals surface area (Å²) in [7, 11) is 3.12. The lowest BCUT2D eigenvalue weighted by molar-refractivity contribution is 0.0595. The number of thiophene rings is 1. The van der Waals surface area contributed by atoms with Crippen LogP contribution in [0, 0.1) is 0 Å². The molecule has 1 saturated heterocycles. The van der Waals surface area contributed by atoms with Gasteiger partial charge in [0.25, 0.3) is 5.91 Å². The van der Waals surface area contributed by atoms with E-state index in [0.717, 1.165) is 47.5 Å². The first-order valence-electron chi connectivity index (χ1n) is 9.99. The van der Waals surface area contributed by atoms with E-state index >= 15 is 0 Å². The molecule has 0 radical (unpaired) electrons. The van der Waals surface area contributed by atoms with Crippen molar-refractivity contribution in [3.63, 3.8) is 0 Å². The van der Waals surface area contributed by atoms with Crippen LogP contribution in [0.3, 0.4) is 0 Å². The molecular formula is C23H25N3O3S. The Morgan fingerprint density at radius 2 is 1.80 bits per heavy atom. The molecule has 1 amide bonds. The van der Waals surface area contributed by atoms with E-state index in [1.807, 2.05) is 36.4 Å². The van der Waals surface area contributed by atoms with Gasteiger partial charge < -0.3 is 19.9 Å². The van der Waals surface area contributed by atoms with Gasteiger partial charge in [-0.25, -0.2) is 4.79 Å². The number of piperazine rings is 1. The molecule has 156 valence electrons. The fourth-order valence-electron chi connectivity index (χ4n) is 3.86. The zero-order chi connectivity index (χ0) is 21.1. The van der Waals surface area contributed by atoms with Gasteiger partial charge in [0.1, 0.15) is 4.88 Å². The molecule has 0 unspecified atom stereocenters. The minimum Gasteiger partial charge on any atom is -0.465 e. The lowest BCUT2D eigenvalue weighted by Gasteiger charge is -2.32. The molecule has 0 spiro atoms. The molecule has 7 heteroatoms. The molecule has 0 saturated carbocycles. The number of ether oxygens (including phenoxy) is 1. The van der Waals surface area contributed by atoms with Crippen LogP contribution in [0.5, 0.6) is 0 Å². The second-order valence-corrected chi connectivity index (χ2v) is 8.37. The number of benzene rings is 2. The van der Waals surface area contributed by atoms with Gasteiger partial charge in [-0.2, -0.15) is 0 Å². The summed E-state index contributed by atoms with van der Waals surface area (Å²) in [6.07, 6.45) is 0. The molecule has 1 aliphatic heterocycles. The summed E-state index contributed by atoms with van der Waals surface area (Å²) in [5.41, 5.74) is 2.60. The minimum atomic E-state index is -0.481. The minimum absolute atomic E-state index is 0.174. The van der Waals surface area contributed by atoms with E-state index in [-0.39, 0.29) is 5.91 Å². The Hall–Kier alpha value is -2.90. The molecule has 1 aromatic heterocycles. The quantitative estimate of drug-likeness (QED) is 0.638. The van der Waals surface area contributed by atoms with Crippen LogP contribution < -0.4 is 10.2 Å². The molecule has 1 fully saturated rings. The number of carbonyl (C=O) groups excluding carboxylic acids is 2. The van der Waals surface area contributed by atoms with Crippen molar-refractivity contribution in [2.75, 3.05) is 45.2 Å². The van der Waals surface area contributed by atoms with Crippen LogP contribution >= 0.6 is 11.3 Å². The smallest absolute Gasteiger partial charge is 0.340 e. The summed E-state index contributed by atoms with van der Waals surface area (Å²) >= 11 is 1.34. The number of amides is 1. The van der Waals surface area contributed by atoms with E-state index in [4.69, 9.17) is 4.74 Å². The SMILES string of the molecule is COC(=O)c1c(C(=O)N(C)Cc2ccccc2N2CCNCC2)sc2ccccc12. The second-order valence-electron chi connectivity index (χ2n) is 7.32. The van der Waals surface area contributed by atoms with Gasteiger partial charge in [-0.3, -0.25) is 4.79 Å². The predicted molar refractivity (Wildman–Crippen MR) is 120 cm³/mol. The van der Waals surface area contributed by atoms with Gasteiger partial charge in [0, 0.05) is 55.5 Å². The van der Waals surface area contributed by atoms with Crippen LogP contribution in [0.1, 0.15) is 25.6 Å². The number of anilines is 1. The number of rotatable bonds is 5. The third-order valence-corrected chi connectivity index (χ3v) is 6.54. The summed E-state index contributed by atoms with van der Waals surface area (Å²) in [5, 5.41) is 4.13. The van der Waals surface area contributed by atoms with E-state index in [9.17, 15) is 9.59 Å². The maximum absolute atomic E-state index is 13.4. The Labute approximate surface area is 180 Å². The average Bonchev–Trinajstić information content (AvgIpc) is 3.18. The first kappa shape index (κ1) is 20.4. The van der Waals surface area contributed by atoms with Crippen LogP contribution in [-0.4, -0.2) is 57.1 Å². The van der Waals surface area contributed by atoms with Crippen molar-refractivity contribution in [2.45, 2.75) is 6.54 Å². The summed E-state index contributed by atoms with van der Waals surface area (Å²) in [4.78, 5) is 30.3. The molecule has 1 aliphatic rings. The molecule has 6 nitrogen and oxygen atoms in total. The molecule has 1 N–H and O–H groups in total. The van der Waals surface area contributed by atoms with E-state index in [0.29, 0.717) is 17.0 Å². The van der Waals surface area contributed by atoms with Gasteiger partial charge in [-0.15, -0.1) is 11.3 Å². The van der Waals surface area contributed by atoms with Gasteiger partial charge in [-0.1, -0.05) is 36.4 Å². The fourth-order valence-corrected chi connectivity index (χ4v) is 5.05. The van der Waals surface area contributed by atoms with Gasteiger partial charge in [0.2, 0.25) is 0 Å². The van der Waals surface area contributed by atoms with Crippen molar-refractivity contribution in [3.8, 4) is 0 Å². The maximum atomic E-state index is 13.4. The van der Waals surface area contributed by atoms with Crippen LogP contribution in [0.15, 0.2) is 48.5 Å². The monoisotopic (exact) mass is 423 g/mol. The third kappa shape index (κ3) is 3.91. The molecule has 0 aliphatic carbocycles. The molecule has 30 heavy (non-hydrogen) atoms. The number of fused-ring (bicyclic) bond motifs is 1. The van der Waals surface area contributed by atoms with Gasteiger partial charge in [-0.05, 0) is 17.7 Å². The highest BCUT2D eigenvalue weighted by atomic mass is 32.1. The summed E-state index contributed by atoms with van der Waals surface area (Å²) < 4.78 is 5.87. The van der Waals surface area contributed by atoms with Crippen molar-refractivity contribution >= 4 is 39.0 Å². The normalized spacial score (nSPS) is 14.0. The summed E-state index contributed by atoms with van der Waals surface area (Å²) in [6, 6.07) is 15.7. The number of esters is 1. The van der Waals surface area contributed by atoms with E-state index < -0.39 is 5.97 Å². The Morgan fingerprint density at radius 3 is 2.57 bits per heavy atom. The average molecular weight is 424 g/mol. The number of methoxy groups -OCH3 is 1.